The van der Waals surface area contributed by atoms with E-state index in [1.165, 1.54) is 11.3 Å². The summed E-state index contributed by atoms with van der Waals surface area (Å²) in [6.45, 7) is 2.88. The highest BCUT2D eigenvalue weighted by atomic mass is 35.5. The van der Waals surface area contributed by atoms with E-state index in [4.69, 9.17) is 17.3 Å². The molecule has 0 saturated heterocycles. The molecule has 2 atom stereocenters. The summed E-state index contributed by atoms with van der Waals surface area (Å²) in [5.74, 6) is 0.123. The van der Waals surface area contributed by atoms with Crippen LogP contribution in [0.5, 0.6) is 0 Å². The number of aliphatic hydroxyl groups excluding tert-OH is 1. The topological polar surface area (TPSA) is 49.5 Å². The molecule has 0 aliphatic carbocycles. The Morgan fingerprint density at radius 3 is 2.94 bits per heavy atom. The normalized spacial score (nSPS) is 21.1. The van der Waals surface area contributed by atoms with Gasteiger partial charge in [0, 0.05) is 41.8 Å². The molecule has 0 fully saturated rings. The second-order valence-electron chi connectivity index (χ2n) is 4.46. The van der Waals surface area contributed by atoms with Gasteiger partial charge < -0.3 is 15.7 Å². The molecular formula is C12H17ClN2O. The summed E-state index contributed by atoms with van der Waals surface area (Å²) in [6, 6.07) is 3.68. The van der Waals surface area contributed by atoms with Crippen LogP contribution in [0.3, 0.4) is 0 Å². The van der Waals surface area contributed by atoms with Gasteiger partial charge in [-0.15, -0.1) is 0 Å². The van der Waals surface area contributed by atoms with E-state index in [9.17, 15) is 5.11 Å². The Balaban J connectivity index is 2.52. The third-order valence-corrected chi connectivity index (χ3v) is 3.65. The first-order chi connectivity index (χ1) is 7.56. The third kappa shape index (κ3) is 1.69. The fourth-order valence-corrected chi connectivity index (χ4v) is 2.80. The number of fused-ring (bicyclic) bond motifs is 1. The van der Waals surface area contributed by atoms with Crippen molar-refractivity contribution < 1.29 is 5.11 Å². The molecule has 1 heterocycles. The van der Waals surface area contributed by atoms with Gasteiger partial charge in [0.15, 0.2) is 0 Å². The van der Waals surface area contributed by atoms with Crippen molar-refractivity contribution in [3.63, 3.8) is 0 Å². The van der Waals surface area contributed by atoms with Crippen molar-refractivity contribution in [2.24, 2.45) is 5.73 Å². The summed E-state index contributed by atoms with van der Waals surface area (Å²) in [6.07, 6.45) is 0. The lowest BCUT2D eigenvalue weighted by Gasteiger charge is -2.18. The van der Waals surface area contributed by atoms with Gasteiger partial charge in [0.25, 0.3) is 0 Å². The van der Waals surface area contributed by atoms with Crippen LogP contribution in [0.4, 0.5) is 5.69 Å². The van der Waals surface area contributed by atoms with Crippen molar-refractivity contribution in [3.8, 4) is 0 Å². The van der Waals surface area contributed by atoms with Crippen molar-refractivity contribution in [1.82, 2.24) is 0 Å². The average Bonchev–Trinajstić information content (AvgIpc) is 2.62. The fourth-order valence-electron chi connectivity index (χ4n) is 2.51. The van der Waals surface area contributed by atoms with E-state index in [1.54, 1.807) is 0 Å². The molecule has 1 aliphatic rings. The molecule has 2 unspecified atom stereocenters. The number of likely N-dealkylation sites (N-methyl/N-ethyl adjacent to an activating group) is 1. The molecule has 0 saturated carbocycles. The van der Waals surface area contributed by atoms with Gasteiger partial charge in [-0.25, -0.2) is 0 Å². The van der Waals surface area contributed by atoms with E-state index in [0.717, 1.165) is 17.1 Å². The minimum absolute atomic E-state index is 0.0117. The van der Waals surface area contributed by atoms with E-state index < -0.39 is 0 Å². The summed E-state index contributed by atoms with van der Waals surface area (Å²) in [4.78, 5) is 2.16. The Labute approximate surface area is 101 Å². The molecule has 0 amide bonds. The van der Waals surface area contributed by atoms with Gasteiger partial charge in [-0.05, 0) is 18.6 Å². The Bertz CT molecular complexity index is 408. The second-order valence-corrected chi connectivity index (χ2v) is 4.87. The number of rotatable bonds is 2. The first kappa shape index (κ1) is 11.7. The predicted octanol–water partition coefficient (Wildman–Crippen LogP) is 1.50. The third-order valence-electron chi connectivity index (χ3n) is 3.32. The van der Waals surface area contributed by atoms with Crippen LogP contribution < -0.4 is 10.6 Å². The van der Waals surface area contributed by atoms with E-state index >= 15 is 0 Å². The largest absolute Gasteiger partial charge is 0.395 e. The molecule has 3 nitrogen and oxygen atoms in total. The zero-order valence-electron chi connectivity index (χ0n) is 9.57. The second kappa shape index (κ2) is 4.24. The van der Waals surface area contributed by atoms with Gasteiger partial charge in [0.1, 0.15) is 0 Å². The summed E-state index contributed by atoms with van der Waals surface area (Å²) < 4.78 is 0. The summed E-state index contributed by atoms with van der Waals surface area (Å²) in [5, 5.41) is 9.93. The number of anilines is 1. The highest BCUT2D eigenvalue weighted by molar-refractivity contribution is 6.32. The maximum Gasteiger partial charge on any atom is 0.0589 e. The molecule has 88 valence electrons. The van der Waals surface area contributed by atoms with Gasteiger partial charge in [-0.1, -0.05) is 17.7 Å². The number of hydrogen-bond donors (Lipinski definition) is 2. The predicted molar refractivity (Wildman–Crippen MR) is 67.3 cm³/mol. The molecule has 0 radical (unpaired) electrons. The quantitative estimate of drug-likeness (QED) is 0.824. The SMILES string of the molecule is Cc1ccc(Cl)c2c1N(C)CC2C(N)CO. The number of aryl methyl sites for hydroxylation is 1. The van der Waals surface area contributed by atoms with Crippen LogP contribution in [0.1, 0.15) is 17.0 Å². The van der Waals surface area contributed by atoms with Crippen molar-refractivity contribution in [2.45, 2.75) is 18.9 Å². The van der Waals surface area contributed by atoms with E-state index in [0.29, 0.717) is 0 Å². The number of aliphatic hydroxyl groups is 1. The van der Waals surface area contributed by atoms with Gasteiger partial charge in [0.05, 0.1) is 6.61 Å². The van der Waals surface area contributed by atoms with E-state index in [2.05, 4.69) is 11.8 Å². The van der Waals surface area contributed by atoms with Crippen LogP contribution >= 0.6 is 11.6 Å². The lowest BCUT2D eigenvalue weighted by atomic mass is 9.93. The number of hydrogen-bond acceptors (Lipinski definition) is 3. The lowest BCUT2D eigenvalue weighted by Crippen LogP contribution is -2.34. The van der Waals surface area contributed by atoms with Crippen LogP contribution in [-0.2, 0) is 0 Å². The van der Waals surface area contributed by atoms with Crippen molar-refractivity contribution in [2.75, 3.05) is 25.1 Å². The minimum atomic E-state index is -0.247. The van der Waals surface area contributed by atoms with Gasteiger partial charge in [-0.3, -0.25) is 0 Å². The molecule has 0 bridgehead atoms. The number of nitrogens with two attached hydrogens (primary N) is 1. The molecule has 1 aromatic rings. The van der Waals surface area contributed by atoms with Crippen molar-refractivity contribution >= 4 is 17.3 Å². The smallest absolute Gasteiger partial charge is 0.0589 e. The lowest BCUT2D eigenvalue weighted by molar-refractivity contribution is 0.251. The maximum absolute atomic E-state index is 9.18. The van der Waals surface area contributed by atoms with Crippen LogP contribution in [0.25, 0.3) is 0 Å². The average molecular weight is 241 g/mol. The molecule has 2 rings (SSSR count). The molecular weight excluding hydrogens is 224 g/mol. The zero-order chi connectivity index (χ0) is 11.9. The van der Waals surface area contributed by atoms with Crippen LogP contribution in [0.2, 0.25) is 5.02 Å². The zero-order valence-corrected chi connectivity index (χ0v) is 10.3. The number of halogens is 1. The monoisotopic (exact) mass is 240 g/mol. The Morgan fingerprint density at radius 2 is 2.31 bits per heavy atom. The maximum atomic E-state index is 9.18. The highest BCUT2D eigenvalue weighted by Crippen LogP contribution is 2.43. The Kier molecular flexibility index (Phi) is 3.10. The molecule has 4 heteroatoms. The Morgan fingerprint density at radius 1 is 1.62 bits per heavy atom. The summed E-state index contributed by atoms with van der Waals surface area (Å²) in [5.41, 5.74) is 9.40. The Hall–Kier alpha value is -0.770. The molecule has 0 aromatic heterocycles. The summed E-state index contributed by atoms with van der Waals surface area (Å²) >= 11 is 6.24. The molecule has 16 heavy (non-hydrogen) atoms. The highest BCUT2D eigenvalue weighted by Gasteiger charge is 2.33. The first-order valence-corrected chi connectivity index (χ1v) is 5.80. The number of nitrogens with zero attached hydrogens (tertiary/aromatic N) is 1. The molecule has 3 N–H and O–H groups in total. The van der Waals surface area contributed by atoms with Gasteiger partial charge in [0.2, 0.25) is 0 Å². The molecule has 0 spiro atoms. The van der Waals surface area contributed by atoms with E-state index in [1.807, 2.05) is 19.2 Å². The van der Waals surface area contributed by atoms with Crippen LogP contribution in [-0.4, -0.2) is 31.3 Å². The van der Waals surface area contributed by atoms with Crippen molar-refractivity contribution in [1.29, 1.82) is 0 Å². The minimum Gasteiger partial charge on any atom is -0.395 e. The van der Waals surface area contributed by atoms with Crippen molar-refractivity contribution in [3.05, 3.63) is 28.3 Å². The summed E-state index contributed by atoms with van der Waals surface area (Å²) in [7, 11) is 2.03. The van der Waals surface area contributed by atoms with Crippen LogP contribution in [0.15, 0.2) is 12.1 Å². The fraction of sp³-hybridized carbons (Fsp3) is 0.500. The van der Waals surface area contributed by atoms with Gasteiger partial charge in [-0.2, -0.15) is 0 Å². The standard InChI is InChI=1S/C12H17ClN2O/c1-7-3-4-9(13)11-8(10(14)6-16)5-15(2)12(7)11/h3-4,8,10,16H,5-6,14H2,1-2H3. The molecule has 1 aromatic carbocycles. The first-order valence-electron chi connectivity index (χ1n) is 5.42. The number of benzene rings is 1. The van der Waals surface area contributed by atoms with E-state index in [-0.39, 0.29) is 18.6 Å². The van der Waals surface area contributed by atoms with Gasteiger partial charge >= 0.3 is 0 Å². The molecule has 1 aliphatic heterocycles. The van der Waals surface area contributed by atoms with Crippen LogP contribution in [0, 0.1) is 6.92 Å².